The van der Waals surface area contributed by atoms with Crippen LogP contribution in [-0.2, 0) is 14.8 Å². The summed E-state index contributed by atoms with van der Waals surface area (Å²) in [5, 5.41) is 2.72. The maximum absolute atomic E-state index is 12.0. The number of aryl methyl sites for hydroxylation is 1. The minimum Gasteiger partial charge on any atom is -0.484 e. The van der Waals surface area contributed by atoms with Gasteiger partial charge in [0, 0.05) is 19.6 Å². The fourth-order valence-corrected chi connectivity index (χ4v) is 3.84. The first kappa shape index (κ1) is 21.4. The summed E-state index contributed by atoms with van der Waals surface area (Å²) in [6.45, 7) is 2.88. The first-order valence-corrected chi connectivity index (χ1v) is 11.3. The molecule has 1 aromatic carbocycles. The van der Waals surface area contributed by atoms with Gasteiger partial charge in [0.25, 0.3) is 5.91 Å². The lowest BCUT2D eigenvalue weighted by molar-refractivity contribution is -0.123. The molecule has 1 N–H and O–H groups in total. The Morgan fingerprint density at radius 2 is 1.93 bits per heavy atom. The van der Waals surface area contributed by atoms with Gasteiger partial charge < -0.3 is 10.1 Å². The highest BCUT2D eigenvalue weighted by Crippen LogP contribution is 2.20. The minimum atomic E-state index is -3.30. The van der Waals surface area contributed by atoms with Crippen molar-refractivity contribution >= 4 is 15.9 Å². The number of amides is 1. The van der Waals surface area contributed by atoms with Gasteiger partial charge in [-0.1, -0.05) is 29.3 Å². The Morgan fingerprint density at radius 1 is 1.19 bits per heavy atom. The summed E-state index contributed by atoms with van der Waals surface area (Å²) in [4.78, 5) is 11.9. The summed E-state index contributed by atoms with van der Waals surface area (Å²) in [5.74, 6) is 0.369. The van der Waals surface area contributed by atoms with Crippen LogP contribution in [-0.4, -0.2) is 51.1 Å². The highest BCUT2D eigenvalue weighted by Gasteiger charge is 2.17. The van der Waals surface area contributed by atoms with Crippen LogP contribution in [0.1, 0.15) is 37.7 Å². The van der Waals surface area contributed by atoms with Crippen LogP contribution in [0.15, 0.2) is 35.9 Å². The first-order valence-electron chi connectivity index (χ1n) is 9.44. The Morgan fingerprint density at radius 3 is 2.56 bits per heavy atom. The Hall–Kier alpha value is -1.86. The Bertz CT molecular complexity index is 742. The van der Waals surface area contributed by atoms with Crippen molar-refractivity contribution in [2.75, 3.05) is 32.5 Å². The maximum atomic E-state index is 12.0. The second-order valence-electron chi connectivity index (χ2n) is 6.97. The van der Waals surface area contributed by atoms with E-state index in [0.29, 0.717) is 12.3 Å². The van der Waals surface area contributed by atoms with Crippen LogP contribution in [0.25, 0.3) is 0 Å². The summed E-state index contributed by atoms with van der Waals surface area (Å²) in [6.07, 6.45) is 8.75. The molecule has 7 heteroatoms. The summed E-state index contributed by atoms with van der Waals surface area (Å²) < 4.78 is 30.8. The van der Waals surface area contributed by atoms with Crippen molar-refractivity contribution in [2.45, 2.75) is 39.0 Å². The molecule has 0 aromatic heterocycles. The average molecular weight is 395 g/mol. The van der Waals surface area contributed by atoms with Gasteiger partial charge in [0.05, 0.1) is 6.26 Å². The molecule has 1 aliphatic carbocycles. The smallest absolute Gasteiger partial charge is 0.257 e. The normalized spacial score (nSPS) is 14.7. The van der Waals surface area contributed by atoms with Crippen LogP contribution in [0.2, 0.25) is 0 Å². The van der Waals surface area contributed by atoms with Crippen molar-refractivity contribution in [1.29, 1.82) is 0 Å². The molecule has 0 fully saturated rings. The van der Waals surface area contributed by atoms with Crippen molar-refractivity contribution in [3.63, 3.8) is 0 Å². The second-order valence-corrected chi connectivity index (χ2v) is 8.95. The molecule has 0 saturated heterocycles. The lowest BCUT2D eigenvalue weighted by atomic mass is 9.97. The highest BCUT2D eigenvalue weighted by molar-refractivity contribution is 7.88. The third-order valence-electron chi connectivity index (χ3n) is 4.61. The van der Waals surface area contributed by atoms with Crippen molar-refractivity contribution in [2.24, 2.45) is 0 Å². The zero-order chi connectivity index (χ0) is 19.7. The number of nitrogens with one attached hydrogen (secondary N) is 1. The van der Waals surface area contributed by atoms with Gasteiger partial charge in [-0.15, -0.1) is 0 Å². The zero-order valence-electron chi connectivity index (χ0n) is 16.2. The molecule has 2 rings (SSSR count). The summed E-state index contributed by atoms with van der Waals surface area (Å²) >= 11 is 0. The van der Waals surface area contributed by atoms with E-state index in [1.165, 1.54) is 29.0 Å². The van der Waals surface area contributed by atoms with Gasteiger partial charge in [-0.3, -0.25) is 4.79 Å². The summed E-state index contributed by atoms with van der Waals surface area (Å²) in [6, 6.07) is 7.46. The largest absolute Gasteiger partial charge is 0.484 e. The van der Waals surface area contributed by atoms with Gasteiger partial charge in [-0.05, 0) is 51.2 Å². The predicted octanol–water partition coefficient (Wildman–Crippen LogP) is 2.64. The number of hydrogen-bond acceptors (Lipinski definition) is 4. The number of allylic oxidation sites excluding steroid dienone is 1. The van der Waals surface area contributed by atoms with Gasteiger partial charge in [0.2, 0.25) is 10.0 Å². The molecule has 27 heavy (non-hydrogen) atoms. The van der Waals surface area contributed by atoms with Crippen LogP contribution in [0.3, 0.4) is 0 Å². The standard InChI is InChI=1S/C20H30N2O4S/c1-17-8-10-19(11-9-17)26-16-20(23)21-13-15-22(27(2,24)25)14-12-18-6-4-3-5-7-18/h6,8-11H,3-5,7,12-16H2,1-2H3,(H,21,23). The van der Waals surface area contributed by atoms with Crippen LogP contribution in [0, 0.1) is 6.92 Å². The van der Waals surface area contributed by atoms with E-state index in [-0.39, 0.29) is 25.6 Å². The molecule has 1 aromatic rings. The molecule has 0 aliphatic heterocycles. The number of carbonyl (C=O) groups excluding carboxylic acids is 1. The van der Waals surface area contributed by atoms with Gasteiger partial charge in [-0.2, -0.15) is 0 Å². The number of nitrogens with zero attached hydrogens (tertiary/aromatic N) is 1. The highest BCUT2D eigenvalue weighted by atomic mass is 32.2. The molecular weight excluding hydrogens is 364 g/mol. The molecule has 0 saturated carbocycles. The molecule has 0 atom stereocenters. The van der Waals surface area contributed by atoms with Crippen molar-refractivity contribution in [3.8, 4) is 5.75 Å². The molecule has 0 spiro atoms. The van der Waals surface area contributed by atoms with E-state index in [4.69, 9.17) is 4.74 Å². The first-order chi connectivity index (χ1) is 12.8. The van der Waals surface area contributed by atoms with Crippen LogP contribution in [0.5, 0.6) is 5.75 Å². The lowest BCUT2D eigenvalue weighted by Crippen LogP contribution is -2.40. The van der Waals surface area contributed by atoms with E-state index in [2.05, 4.69) is 11.4 Å². The van der Waals surface area contributed by atoms with E-state index in [9.17, 15) is 13.2 Å². The molecule has 0 radical (unpaired) electrons. The van der Waals surface area contributed by atoms with Gasteiger partial charge >= 0.3 is 0 Å². The number of hydrogen-bond donors (Lipinski definition) is 1. The lowest BCUT2D eigenvalue weighted by Gasteiger charge is -2.22. The van der Waals surface area contributed by atoms with Gasteiger partial charge in [0.15, 0.2) is 6.61 Å². The molecule has 150 valence electrons. The fraction of sp³-hybridized carbons (Fsp3) is 0.550. The van der Waals surface area contributed by atoms with E-state index in [1.807, 2.05) is 31.2 Å². The minimum absolute atomic E-state index is 0.0885. The molecular formula is C20H30N2O4S. The zero-order valence-corrected chi connectivity index (χ0v) is 17.1. The summed E-state index contributed by atoms with van der Waals surface area (Å²) in [7, 11) is -3.30. The molecule has 0 bridgehead atoms. The third-order valence-corrected chi connectivity index (χ3v) is 5.91. The number of benzene rings is 1. The van der Waals surface area contributed by atoms with E-state index < -0.39 is 10.0 Å². The summed E-state index contributed by atoms with van der Waals surface area (Å²) in [5.41, 5.74) is 2.46. The second kappa shape index (κ2) is 10.5. The number of sulfonamides is 1. The van der Waals surface area contributed by atoms with E-state index in [1.54, 1.807) is 0 Å². The molecule has 0 heterocycles. The number of ether oxygens (including phenoxy) is 1. The predicted molar refractivity (Wildman–Crippen MR) is 107 cm³/mol. The molecule has 0 unspecified atom stereocenters. The van der Waals surface area contributed by atoms with Gasteiger partial charge in [-0.25, -0.2) is 12.7 Å². The van der Waals surface area contributed by atoms with Gasteiger partial charge in [0.1, 0.15) is 5.75 Å². The molecule has 6 nitrogen and oxygen atoms in total. The maximum Gasteiger partial charge on any atom is 0.257 e. The third kappa shape index (κ3) is 8.13. The van der Waals surface area contributed by atoms with Crippen LogP contribution >= 0.6 is 0 Å². The van der Waals surface area contributed by atoms with Crippen molar-refractivity contribution < 1.29 is 17.9 Å². The van der Waals surface area contributed by atoms with Crippen LogP contribution in [0.4, 0.5) is 0 Å². The Labute approximate surface area is 162 Å². The monoisotopic (exact) mass is 394 g/mol. The van der Waals surface area contributed by atoms with Crippen molar-refractivity contribution in [3.05, 3.63) is 41.5 Å². The van der Waals surface area contributed by atoms with E-state index in [0.717, 1.165) is 24.8 Å². The number of carbonyl (C=O) groups is 1. The van der Waals surface area contributed by atoms with Crippen LogP contribution < -0.4 is 10.1 Å². The van der Waals surface area contributed by atoms with Crippen molar-refractivity contribution in [1.82, 2.24) is 9.62 Å². The van der Waals surface area contributed by atoms with E-state index >= 15 is 0 Å². The molecule has 1 amide bonds. The Kier molecular flexibility index (Phi) is 8.31. The topological polar surface area (TPSA) is 75.7 Å². The quantitative estimate of drug-likeness (QED) is 0.619. The Balaban J connectivity index is 1.72. The molecule has 1 aliphatic rings. The number of rotatable bonds is 10. The SMILES string of the molecule is Cc1ccc(OCC(=O)NCCN(CCC2=CCCCC2)S(C)(=O)=O)cc1. The average Bonchev–Trinajstić information content (AvgIpc) is 2.64. The fourth-order valence-electron chi connectivity index (χ4n) is 3.00.